The Morgan fingerprint density at radius 1 is 1.58 bits per heavy atom. The number of carbonyl (C=O) groups is 1. The maximum atomic E-state index is 13.9. The summed E-state index contributed by atoms with van der Waals surface area (Å²) in [5, 5.41) is 5.88. The van der Waals surface area contributed by atoms with Gasteiger partial charge in [0.1, 0.15) is 0 Å². The molecule has 2 heterocycles. The first kappa shape index (κ1) is 14.1. The van der Waals surface area contributed by atoms with Gasteiger partial charge >= 0.3 is 0 Å². The van der Waals surface area contributed by atoms with Crippen LogP contribution in [0.1, 0.15) is 29.6 Å². The fourth-order valence-electron chi connectivity index (χ4n) is 2.06. The number of anilines is 1. The zero-order valence-electron chi connectivity index (χ0n) is 10.9. The molecular weight excluding hydrogens is 265 g/mol. The lowest BCUT2D eigenvalue weighted by Crippen LogP contribution is -2.32. The van der Waals surface area contributed by atoms with Crippen LogP contribution in [0.25, 0.3) is 0 Å². The molecule has 0 bridgehead atoms. The van der Waals surface area contributed by atoms with E-state index in [2.05, 4.69) is 15.6 Å². The van der Waals surface area contributed by atoms with Gasteiger partial charge in [-0.2, -0.15) is 11.8 Å². The van der Waals surface area contributed by atoms with Crippen molar-refractivity contribution in [1.82, 2.24) is 10.3 Å². The van der Waals surface area contributed by atoms with Gasteiger partial charge in [-0.1, -0.05) is 6.42 Å². The lowest BCUT2D eigenvalue weighted by molar-refractivity contribution is 0.0949. The lowest BCUT2D eigenvalue weighted by Gasteiger charge is -2.21. The molecule has 4 nitrogen and oxygen atoms in total. The molecule has 6 heteroatoms. The van der Waals surface area contributed by atoms with Gasteiger partial charge in [-0.15, -0.1) is 0 Å². The molecule has 1 amide bonds. The minimum Gasteiger partial charge on any atom is -0.371 e. The highest BCUT2D eigenvalue weighted by molar-refractivity contribution is 7.99. The van der Waals surface area contributed by atoms with E-state index in [1.165, 1.54) is 25.1 Å². The van der Waals surface area contributed by atoms with Gasteiger partial charge in [-0.05, 0) is 24.7 Å². The monoisotopic (exact) mass is 283 g/mol. The van der Waals surface area contributed by atoms with Crippen LogP contribution >= 0.6 is 11.8 Å². The first-order valence-corrected chi connectivity index (χ1v) is 7.49. The van der Waals surface area contributed by atoms with Crippen molar-refractivity contribution in [1.29, 1.82) is 0 Å². The van der Waals surface area contributed by atoms with Crippen LogP contribution in [-0.4, -0.2) is 35.5 Å². The summed E-state index contributed by atoms with van der Waals surface area (Å²) in [6.45, 7) is 0.597. The molecule has 104 valence electrons. The number of rotatable bonds is 4. The van der Waals surface area contributed by atoms with Crippen molar-refractivity contribution in [2.75, 3.05) is 24.7 Å². The molecule has 1 unspecified atom stereocenters. The third kappa shape index (κ3) is 3.59. The van der Waals surface area contributed by atoms with Crippen LogP contribution in [0.4, 0.5) is 10.2 Å². The van der Waals surface area contributed by atoms with Gasteiger partial charge in [0.05, 0.1) is 5.56 Å². The first-order chi connectivity index (χ1) is 9.22. The van der Waals surface area contributed by atoms with E-state index in [0.717, 1.165) is 12.2 Å². The average molecular weight is 283 g/mol. The van der Waals surface area contributed by atoms with Gasteiger partial charge in [0.15, 0.2) is 11.6 Å². The predicted molar refractivity (Wildman–Crippen MR) is 76.2 cm³/mol. The molecule has 1 aliphatic heterocycles. The Hall–Kier alpha value is -1.30. The molecule has 19 heavy (non-hydrogen) atoms. The summed E-state index contributed by atoms with van der Waals surface area (Å²) in [5.74, 6) is 0.273. The molecule has 1 fully saturated rings. The Morgan fingerprint density at radius 2 is 2.42 bits per heavy atom. The number of nitrogens with zero attached hydrogens (tertiary/aromatic N) is 1. The summed E-state index contributed by atoms with van der Waals surface area (Å²) in [6, 6.07) is 1.40. The lowest BCUT2D eigenvalue weighted by atomic mass is 10.2. The number of amides is 1. The smallest absolute Gasteiger partial charge is 0.254 e. The number of aromatic nitrogens is 1. The number of thioether (sulfide) groups is 1. The van der Waals surface area contributed by atoms with E-state index in [1.54, 1.807) is 7.05 Å². The Labute approximate surface area is 116 Å². The molecule has 0 radical (unpaired) electrons. The van der Waals surface area contributed by atoms with Gasteiger partial charge in [0, 0.05) is 25.0 Å². The normalized spacial score (nSPS) is 18.9. The van der Waals surface area contributed by atoms with Crippen LogP contribution in [0.15, 0.2) is 12.3 Å². The maximum absolute atomic E-state index is 13.9. The molecule has 0 saturated carbocycles. The zero-order chi connectivity index (χ0) is 13.7. The van der Waals surface area contributed by atoms with E-state index in [1.807, 2.05) is 11.8 Å². The third-order valence-corrected chi connectivity index (χ3v) is 4.53. The maximum Gasteiger partial charge on any atom is 0.254 e. The number of hydrogen-bond donors (Lipinski definition) is 2. The molecule has 0 aromatic carbocycles. The van der Waals surface area contributed by atoms with Gasteiger partial charge < -0.3 is 10.6 Å². The van der Waals surface area contributed by atoms with Gasteiger partial charge in [-0.25, -0.2) is 9.37 Å². The Bertz CT molecular complexity index is 450. The van der Waals surface area contributed by atoms with E-state index in [0.29, 0.717) is 11.8 Å². The third-order valence-electron chi connectivity index (χ3n) is 3.13. The summed E-state index contributed by atoms with van der Waals surface area (Å²) < 4.78 is 13.9. The second-order valence-electron chi connectivity index (χ2n) is 4.47. The predicted octanol–water partition coefficient (Wildman–Crippen LogP) is 2.28. The molecule has 0 aliphatic carbocycles. The molecule has 1 atom stereocenters. The SMILES string of the molecule is CNc1nccc(C(=O)NCC2CCCCS2)c1F. The molecule has 2 N–H and O–H groups in total. The van der Waals surface area contributed by atoms with E-state index in [-0.39, 0.29) is 17.3 Å². The van der Waals surface area contributed by atoms with E-state index >= 15 is 0 Å². The molecular formula is C13H18FN3OS. The highest BCUT2D eigenvalue weighted by Crippen LogP contribution is 2.24. The molecule has 0 spiro atoms. The molecule has 2 rings (SSSR count). The summed E-state index contributed by atoms with van der Waals surface area (Å²) >= 11 is 1.88. The van der Waals surface area contributed by atoms with Crippen LogP contribution in [0.2, 0.25) is 0 Å². The molecule has 1 aliphatic rings. The molecule has 1 aromatic rings. The topological polar surface area (TPSA) is 54.0 Å². The van der Waals surface area contributed by atoms with Crippen molar-refractivity contribution in [2.45, 2.75) is 24.5 Å². The van der Waals surface area contributed by atoms with Crippen molar-refractivity contribution in [3.05, 3.63) is 23.6 Å². The van der Waals surface area contributed by atoms with Crippen molar-refractivity contribution >= 4 is 23.5 Å². The Morgan fingerprint density at radius 3 is 3.11 bits per heavy atom. The highest BCUT2D eigenvalue weighted by atomic mass is 32.2. The number of halogens is 1. The zero-order valence-corrected chi connectivity index (χ0v) is 11.7. The summed E-state index contributed by atoms with van der Waals surface area (Å²) in [4.78, 5) is 15.8. The second-order valence-corrected chi connectivity index (χ2v) is 5.88. The standard InChI is InChI=1S/C13H18FN3OS/c1-15-12-11(14)10(5-6-16-12)13(18)17-8-9-4-2-3-7-19-9/h5-6,9H,2-4,7-8H2,1H3,(H,15,16)(H,17,18). The molecule has 1 saturated heterocycles. The minimum atomic E-state index is -0.598. The minimum absolute atomic E-state index is 0.0418. The highest BCUT2D eigenvalue weighted by Gasteiger charge is 2.18. The van der Waals surface area contributed by atoms with Gasteiger partial charge in [0.2, 0.25) is 0 Å². The van der Waals surface area contributed by atoms with Crippen molar-refractivity contribution < 1.29 is 9.18 Å². The summed E-state index contributed by atoms with van der Waals surface area (Å²) in [5.41, 5.74) is 0.0418. The number of pyridine rings is 1. The number of nitrogens with one attached hydrogen (secondary N) is 2. The average Bonchev–Trinajstić information content (AvgIpc) is 2.46. The van der Waals surface area contributed by atoms with Crippen molar-refractivity contribution in [2.24, 2.45) is 0 Å². The largest absolute Gasteiger partial charge is 0.371 e. The van der Waals surface area contributed by atoms with E-state index in [4.69, 9.17) is 0 Å². The van der Waals surface area contributed by atoms with Gasteiger partial charge in [0.25, 0.3) is 5.91 Å². The Kier molecular flexibility index (Phi) is 5.01. The number of carbonyl (C=O) groups excluding carboxylic acids is 1. The van der Waals surface area contributed by atoms with Crippen LogP contribution in [0.5, 0.6) is 0 Å². The summed E-state index contributed by atoms with van der Waals surface area (Å²) in [6.07, 6.45) is 5.01. The molecule has 1 aromatic heterocycles. The van der Waals surface area contributed by atoms with E-state index < -0.39 is 5.82 Å². The van der Waals surface area contributed by atoms with Crippen LogP contribution in [-0.2, 0) is 0 Å². The van der Waals surface area contributed by atoms with Crippen molar-refractivity contribution in [3.63, 3.8) is 0 Å². The summed E-state index contributed by atoms with van der Waals surface area (Å²) in [7, 11) is 1.58. The van der Waals surface area contributed by atoms with Crippen molar-refractivity contribution in [3.8, 4) is 0 Å². The Balaban J connectivity index is 1.95. The van der Waals surface area contributed by atoms with E-state index in [9.17, 15) is 9.18 Å². The fraction of sp³-hybridized carbons (Fsp3) is 0.538. The van der Waals surface area contributed by atoms with Gasteiger partial charge in [-0.3, -0.25) is 4.79 Å². The van der Waals surface area contributed by atoms with Crippen LogP contribution in [0, 0.1) is 5.82 Å². The number of hydrogen-bond acceptors (Lipinski definition) is 4. The van der Waals surface area contributed by atoms with Crippen LogP contribution < -0.4 is 10.6 Å². The first-order valence-electron chi connectivity index (χ1n) is 6.44. The van der Waals surface area contributed by atoms with Crippen LogP contribution in [0.3, 0.4) is 0 Å². The quantitative estimate of drug-likeness (QED) is 0.890. The fourth-order valence-corrected chi connectivity index (χ4v) is 3.30. The second kappa shape index (κ2) is 6.75.